The Labute approximate surface area is 147 Å². The van der Waals surface area contributed by atoms with Crippen molar-refractivity contribution in [3.8, 4) is 17.2 Å². The van der Waals surface area contributed by atoms with Gasteiger partial charge in [-0.1, -0.05) is 18.2 Å². The van der Waals surface area contributed by atoms with Gasteiger partial charge >= 0.3 is 0 Å². The van der Waals surface area contributed by atoms with Crippen molar-refractivity contribution in [1.29, 1.82) is 5.26 Å². The molecule has 120 valence electrons. The molecule has 1 amide bonds. The summed E-state index contributed by atoms with van der Waals surface area (Å²) in [5.41, 5.74) is 1.93. The Morgan fingerprint density at radius 3 is 2.67 bits per heavy atom. The summed E-state index contributed by atoms with van der Waals surface area (Å²) in [6, 6.07) is 12.0. The summed E-state index contributed by atoms with van der Waals surface area (Å²) in [5, 5.41) is 14.8. The Balaban J connectivity index is 1.90. The zero-order valence-electron chi connectivity index (χ0n) is 12.8. The first kappa shape index (κ1) is 16.4. The number of anilines is 1. The standard InChI is InChI=1S/C18H13FN2OS2/c1-11-17(12-4-6-13(19)7-5-12)15(10-20)18(24-11)21-16(22)9-14-3-2-8-23-14/h2-8H,9H2,1H3,(H,21,22). The molecule has 1 N–H and O–H groups in total. The van der Waals surface area contributed by atoms with Crippen molar-refractivity contribution in [1.82, 2.24) is 0 Å². The molecule has 0 atom stereocenters. The first-order valence-electron chi connectivity index (χ1n) is 7.20. The summed E-state index contributed by atoms with van der Waals surface area (Å²) in [7, 11) is 0. The van der Waals surface area contributed by atoms with Crippen molar-refractivity contribution >= 4 is 33.6 Å². The van der Waals surface area contributed by atoms with Gasteiger partial charge in [-0.3, -0.25) is 4.79 Å². The maximum atomic E-state index is 13.1. The summed E-state index contributed by atoms with van der Waals surface area (Å²) >= 11 is 2.88. The zero-order chi connectivity index (χ0) is 17.1. The van der Waals surface area contributed by atoms with Crippen molar-refractivity contribution in [3.05, 3.63) is 62.9 Å². The molecule has 0 aliphatic rings. The molecular formula is C18H13FN2OS2. The van der Waals surface area contributed by atoms with Crippen LogP contribution in [0.15, 0.2) is 41.8 Å². The molecule has 24 heavy (non-hydrogen) atoms. The fourth-order valence-electron chi connectivity index (χ4n) is 2.45. The minimum absolute atomic E-state index is 0.152. The molecule has 0 bridgehead atoms. The third kappa shape index (κ3) is 3.37. The first-order chi connectivity index (χ1) is 11.6. The van der Waals surface area contributed by atoms with Crippen molar-refractivity contribution in [2.24, 2.45) is 0 Å². The van der Waals surface area contributed by atoms with Crippen LogP contribution in [-0.2, 0) is 11.2 Å². The van der Waals surface area contributed by atoms with Crippen molar-refractivity contribution in [2.45, 2.75) is 13.3 Å². The molecule has 0 fully saturated rings. The largest absolute Gasteiger partial charge is 0.316 e. The normalized spacial score (nSPS) is 10.4. The average molecular weight is 356 g/mol. The third-order valence-corrected chi connectivity index (χ3v) is 5.39. The summed E-state index contributed by atoms with van der Waals surface area (Å²) in [6.07, 6.45) is 0.283. The van der Waals surface area contributed by atoms with Gasteiger partial charge in [0.2, 0.25) is 5.91 Å². The van der Waals surface area contributed by atoms with Crippen LogP contribution in [0.3, 0.4) is 0 Å². The summed E-state index contributed by atoms with van der Waals surface area (Å²) < 4.78 is 13.1. The Kier molecular flexibility index (Phi) is 4.74. The van der Waals surface area contributed by atoms with Crippen LogP contribution < -0.4 is 5.32 Å². The van der Waals surface area contributed by atoms with Gasteiger partial charge in [0.15, 0.2) is 0 Å². The van der Waals surface area contributed by atoms with E-state index in [-0.39, 0.29) is 18.1 Å². The number of hydrogen-bond donors (Lipinski definition) is 1. The highest BCUT2D eigenvalue weighted by atomic mass is 32.1. The van der Waals surface area contributed by atoms with Crippen LogP contribution in [0.2, 0.25) is 0 Å². The van der Waals surface area contributed by atoms with Crippen molar-refractivity contribution in [3.63, 3.8) is 0 Å². The molecule has 6 heteroatoms. The fourth-order valence-corrected chi connectivity index (χ4v) is 4.19. The molecule has 0 aliphatic carbocycles. The SMILES string of the molecule is Cc1sc(NC(=O)Cc2cccs2)c(C#N)c1-c1ccc(F)cc1. The van der Waals surface area contributed by atoms with Gasteiger partial charge in [0.1, 0.15) is 16.9 Å². The zero-order valence-corrected chi connectivity index (χ0v) is 14.4. The molecule has 3 aromatic rings. The Morgan fingerprint density at radius 1 is 1.29 bits per heavy atom. The van der Waals surface area contributed by atoms with E-state index in [2.05, 4.69) is 11.4 Å². The lowest BCUT2D eigenvalue weighted by atomic mass is 10.0. The second-order valence-corrected chi connectivity index (χ2v) is 7.42. The van der Waals surface area contributed by atoms with Crippen LogP contribution in [0, 0.1) is 24.1 Å². The third-order valence-electron chi connectivity index (χ3n) is 3.50. The summed E-state index contributed by atoms with van der Waals surface area (Å²) in [5.74, 6) is -0.476. The number of carbonyl (C=O) groups is 1. The van der Waals surface area contributed by atoms with E-state index < -0.39 is 0 Å². The number of halogens is 1. The quantitative estimate of drug-likeness (QED) is 0.717. The summed E-state index contributed by atoms with van der Waals surface area (Å²) in [4.78, 5) is 14.1. The monoisotopic (exact) mass is 356 g/mol. The van der Waals surface area contributed by atoms with E-state index in [0.717, 1.165) is 20.9 Å². The minimum Gasteiger partial charge on any atom is -0.316 e. The lowest BCUT2D eigenvalue weighted by Gasteiger charge is -2.04. The highest BCUT2D eigenvalue weighted by molar-refractivity contribution is 7.17. The molecule has 3 nitrogen and oxygen atoms in total. The van der Waals surface area contributed by atoms with E-state index in [0.29, 0.717) is 10.6 Å². The van der Waals surface area contributed by atoms with Crippen LogP contribution in [0.5, 0.6) is 0 Å². The van der Waals surface area contributed by atoms with Gasteiger partial charge in [0.05, 0.1) is 12.0 Å². The second kappa shape index (κ2) is 6.95. The number of aryl methyl sites for hydroxylation is 1. The topological polar surface area (TPSA) is 52.9 Å². The van der Waals surface area contributed by atoms with Crippen LogP contribution in [0.4, 0.5) is 9.39 Å². The Morgan fingerprint density at radius 2 is 2.04 bits per heavy atom. The first-order valence-corrected chi connectivity index (χ1v) is 8.89. The molecule has 0 spiro atoms. The number of hydrogen-bond acceptors (Lipinski definition) is 4. The van der Waals surface area contributed by atoms with Gasteiger partial charge in [-0.05, 0) is 36.1 Å². The highest BCUT2D eigenvalue weighted by Crippen LogP contribution is 2.39. The van der Waals surface area contributed by atoms with E-state index in [9.17, 15) is 14.4 Å². The molecule has 3 rings (SSSR count). The second-order valence-electron chi connectivity index (χ2n) is 5.16. The molecule has 0 radical (unpaired) electrons. The molecule has 0 saturated carbocycles. The number of carbonyl (C=O) groups excluding carboxylic acids is 1. The van der Waals surface area contributed by atoms with Gasteiger partial charge < -0.3 is 5.32 Å². The lowest BCUT2D eigenvalue weighted by Crippen LogP contribution is -2.13. The molecule has 2 aromatic heterocycles. The number of rotatable bonds is 4. The number of thiophene rings is 2. The molecule has 0 saturated heterocycles. The number of nitriles is 1. The molecule has 1 aromatic carbocycles. The molecule has 0 unspecified atom stereocenters. The van der Waals surface area contributed by atoms with Crippen LogP contribution in [-0.4, -0.2) is 5.91 Å². The van der Waals surface area contributed by atoms with Crippen molar-refractivity contribution in [2.75, 3.05) is 5.32 Å². The Hall–Kier alpha value is -2.49. The summed E-state index contributed by atoms with van der Waals surface area (Å²) in [6.45, 7) is 1.89. The lowest BCUT2D eigenvalue weighted by molar-refractivity contribution is -0.115. The number of nitrogens with zero attached hydrogens (tertiary/aromatic N) is 1. The molecular weight excluding hydrogens is 343 g/mol. The van der Waals surface area contributed by atoms with Gasteiger partial charge in [0, 0.05) is 15.3 Å². The smallest absolute Gasteiger partial charge is 0.230 e. The average Bonchev–Trinajstić information content (AvgIpc) is 3.15. The highest BCUT2D eigenvalue weighted by Gasteiger charge is 2.19. The maximum Gasteiger partial charge on any atom is 0.230 e. The van der Waals surface area contributed by atoms with E-state index in [1.54, 1.807) is 12.1 Å². The van der Waals surface area contributed by atoms with Crippen LogP contribution in [0.1, 0.15) is 15.3 Å². The Bertz CT molecular complexity index is 906. The number of benzene rings is 1. The fraction of sp³-hybridized carbons (Fsp3) is 0.111. The van der Waals surface area contributed by atoms with Gasteiger partial charge in [-0.25, -0.2) is 4.39 Å². The van der Waals surface area contributed by atoms with Crippen LogP contribution >= 0.6 is 22.7 Å². The van der Waals surface area contributed by atoms with E-state index >= 15 is 0 Å². The van der Waals surface area contributed by atoms with E-state index in [4.69, 9.17) is 0 Å². The van der Waals surface area contributed by atoms with Gasteiger partial charge in [-0.15, -0.1) is 22.7 Å². The van der Waals surface area contributed by atoms with Crippen molar-refractivity contribution < 1.29 is 9.18 Å². The van der Waals surface area contributed by atoms with Crippen LogP contribution in [0.25, 0.3) is 11.1 Å². The minimum atomic E-state index is -0.324. The van der Waals surface area contributed by atoms with E-state index in [1.807, 2.05) is 24.4 Å². The maximum absolute atomic E-state index is 13.1. The molecule has 0 aliphatic heterocycles. The van der Waals surface area contributed by atoms with Gasteiger partial charge in [0.25, 0.3) is 0 Å². The predicted molar refractivity (Wildman–Crippen MR) is 95.8 cm³/mol. The van der Waals surface area contributed by atoms with Gasteiger partial charge in [-0.2, -0.15) is 5.26 Å². The predicted octanol–water partition coefficient (Wildman–Crippen LogP) is 4.98. The van der Waals surface area contributed by atoms with E-state index in [1.165, 1.54) is 34.8 Å². The molecule has 2 heterocycles. The number of amides is 1. The number of nitrogens with one attached hydrogen (secondary N) is 1.